The Morgan fingerprint density at radius 1 is 0.255 bits per heavy atom. The van der Waals surface area contributed by atoms with Crippen LogP contribution in [0, 0.1) is 0 Å². The molecule has 0 aromatic carbocycles. The average Bonchev–Trinajstić information content (AvgIpc) is 3.10. The molecule has 51 heavy (non-hydrogen) atoms. The van der Waals surface area contributed by atoms with E-state index in [1.165, 1.54) is 231 Å². The molecule has 0 spiro atoms. The van der Waals surface area contributed by atoms with Gasteiger partial charge in [0.2, 0.25) is 0 Å². The fourth-order valence-electron chi connectivity index (χ4n) is 7.05. The summed E-state index contributed by atoms with van der Waals surface area (Å²) >= 11 is 0. The van der Waals surface area contributed by atoms with Crippen LogP contribution in [0.25, 0.3) is 0 Å². The van der Waals surface area contributed by atoms with E-state index in [9.17, 15) is 19.8 Å². The van der Waals surface area contributed by atoms with Crippen LogP contribution >= 0.6 is 0 Å². The normalized spacial score (nSPS) is 10.9. The van der Waals surface area contributed by atoms with Crippen LogP contribution in [0.2, 0.25) is 0 Å². The second kappa shape index (κ2) is 51.6. The van der Waals surface area contributed by atoms with Crippen molar-refractivity contribution in [2.75, 3.05) is 0 Å². The van der Waals surface area contributed by atoms with Crippen molar-refractivity contribution in [3.63, 3.8) is 0 Å². The number of carbonyl (C=O) groups is 2. The van der Waals surface area contributed by atoms with Gasteiger partial charge in [0, 0.05) is 11.9 Å². The van der Waals surface area contributed by atoms with Crippen molar-refractivity contribution in [3.05, 3.63) is 0 Å². The molecule has 0 aromatic heterocycles. The number of carboxylic acid groups (broad SMARTS) is 2. The Hall–Kier alpha value is -0.541. The monoisotopic (exact) mass is 770 g/mol. The fourth-order valence-corrected chi connectivity index (χ4v) is 7.05. The fraction of sp³-hybridized carbons (Fsp3) is 0.957. The Kier molecular flexibility index (Phi) is 55.4. The zero-order valence-electron chi connectivity index (χ0n) is 34.6. The van der Waals surface area contributed by atoms with E-state index in [4.69, 9.17) is 0 Å². The number of hydrogen-bond donors (Lipinski definition) is 0. The Morgan fingerprint density at radius 2 is 0.373 bits per heavy atom. The minimum absolute atomic E-state index is 0. The Balaban J connectivity index is -0.000000886. The van der Waals surface area contributed by atoms with Crippen LogP contribution in [0.1, 0.15) is 284 Å². The average molecular weight is 771 g/mol. The SMILES string of the molecule is CCCCCCCCCCCCCCCCCCCCCCC(=O)[O-].CCCCCCCCCCCCCCCCCCCCCCC(=O)[O-].[Cu+2]. The summed E-state index contributed by atoms with van der Waals surface area (Å²) in [4.78, 5) is 20.6. The summed E-state index contributed by atoms with van der Waals surface area (Å²) in [6.07, 6.45) is 54.4. The molecule has 0 aliphatic carbocycles. The zero-order chi connectivity index (χ0) is 36.9. The molecule has 0 rings (SSSR count). The van der Waals surface area contributed by atoms with Gasteiger partial charge in [0.15, 0.2) is 0 Å². The van der Waals surface area contributed by atoms with Gasteiger partial charge in [-0.1, -0.05) is 258 Å². The van der Waals surface area contributed by atoms with Crippen molar-refractivity contribution < 1.29 is 36.9 Å². The van der Waals surface area contributed by atoms with Gasteiger partial charge in [-0.3, -0.25) is 0 Å². The van der Waals surface area contributed by atoms with Crippen LogP contribution < -0.4 is 10.2 Å². The largest absolute Gasteiger partial charge is 2.00 e. The van der Waals surface area contributed by atoms with Crippen molar-refractivity contribution in [3.8, 4) is 0 Å². The first-order valence-corrected chi connectivity index (χ1v) is 22.9. The molecule has 0 bridgehead atoms. The van der Waals surface area contributed by atoms with Crippen LogP contribution in [0.3, 0.4) is 0 Å². The molecular formula is C46H90CuO4. The van der Waals surface area contributed by atoms with Crippen molar-refractivity contribution in [1.82, 2.24) is 0 Å². The van der Waals surface area contributed by atoms with E-state index in [-0.39, 0.29) is 29.9 Å². The molecule has 0 aliphatic heterocycles. The van der Waals surface area contributed by atoms with E-state index >= 15 is 0 Å². The van der Waals surface area contributed by atoms with E-state index < -0.39 is 11.9 Å². The van der Waals surface area contributed by atoms with E-state index in [2.05, 4.69) is 13.8 Å². The summed E-state index contributed by atoms with van der Waals surface area (Å²) in [5.41, 5.74) is 0. The predicted molar refractivity (Wildman–Crippen MR) is 215 cm³/mol. The minimum Gasteiger partial charge on any atom is -0.550 e. The van der Waals surface area contributed by atoms with Gasteiger partial charge in [0.1, 0.15) is 0 Å². The van der Waals surface area contributed by atoms with E-state index in [0.29, 0.717) is 0 Å². The predicted octanol–water partition coefficient (Wildman–Crippen LogP) is 13.9. The van der Waals surface area contributed by atoms with Crippen molar-refractivity contribution in [1.29, 1.82) is 0 Å². The summed E-state index contributed by atoms with van der Waals surface area (Å²) in [5.74, 6) is -1.80. The first-order chi connectivity index (χ1) is 24.5. The molecule has 1 radical (unpaired) electrons. The van der Waals surface area contributed by atoms with Crippen LogP contribution in [-0.4, -0.2) is 11.9 Å². The number of unbranched alkanes of at least 4 members (excludes halogenated alkanes) is 38. The zero-order valence-corrected chi connectivity index (χ0v) is 35.6. The van der Waals surface area contributed by atoms with Gasteiger partial charge in [-0.05, 0) is 25.7 Å². The van der Waals surface area contributed by atoms with Crippen molar-refractivity contribution in [2.24, 2.45) is 0 Å². The van der Waals surface area contributed by atoms with Crippen LogP contribution in [0.15, 0.2) is 0 Å². The first-order valence-electron chi connectivity index (χ1n) is 22.9. The summed E-state index contributed by atoms with van der Waals surface area (Å²) in [6, 6.07) is 0. The molecule has 4 nitrogen and oxygen atoms in total. The molecule has 0 N–H and O–H groups in total. The summed E-state index contributed by atoms with van der Waals surface area (Å²) in [5, 5.41) is 20.6. The first kappa shape index (κ1) is 54.8. The smallest absolute Gasteiger partial charge is 0.550 e. The maximum Gasteiger partial charge on any atom is 2.00 e. The van der Waals surface area contributed by atoms with Gasteiger partial charge in [-0.2, -0.15) is 0 Å². The molecule has 0 atom stereocenters. The van der Waals surface area contributed by atoms with Crippen molar-refractivity contribution in [2.45, 2.75) is 284 Å². The standard InChI is InChI=1S/2C23H46O2.Cu/c2*1-2-3-4-5-6-7-8-9-10-11-12-13-14-15-16-17-18-19-20-21-22-23(24)25;/h2*2-22H2,1H3,(H,24,25);/q;;+2/p-2. The topological polar surface area (TPSA) is 80.3 Å². The number of rotatable bonds is 42. The van der Waals surface area contributed by atoms with E-state index in [1.54, 1.807) is 0 Å². The summed E-state index contributed by atoms with van der Waals surface area (Å²) < 4.78 is 0. The molecule has 0 saturated heterocycles. The Bertz CT molecular complexity index is 587. The summed E-state index contributed by atoms with van der Waals surface area (Å²) in [7, 11) is 0. The Labute approximate surface area is 331 Å². The summed E-state index contributed by atoms with van der Waals surface area (Å²) in [6.45, 7) is 4.57. The van der Waals surface area contributed by atoms with Crippen molar-refractivity contribution >= 4 is 11.9 Å². The second-order valence-electron chi connectivity index (χ2n) is 15.7. The van der Waals surface area contributed by atoms with E-state index in [1.807, 2.05) is 0 Å². The number of carbonyl (C=O) groups excluding carboxylic acids is 2. The number of carboxylic acids is 2. The van der Waals surface area contributed by atoms with E-state index in [0.717, 1.165) is 25.7 Å². The van der Waals surface area contributed by atoms with Gasteiger partial charge < -0.3 is 19.8 Å². The third kappa shape index (κ3) is 59.0. The molecule has 0 aromatic rings. The molecule has 0 fully saturated rings. The molecule has 0 amide bonds. The third-order valence-electron chi connectivity index (χ3n) is 10.5. The minimum atomic E-state index is -0.901. The van der Waals surface area contributed by atoms with Gasteiger partial charge >= 0.3 is 17.1 Å². The number of hydrogen-bond acceptors (Lipinski definition) is 4. The van der Waals surface area contributed by atoms with Gasteiger partial charge in [-0.15, -0.1) is 0 Å². The van der Waals surface area contributed by atoms with Gasteiger partial charge in [-0.25, -0.2) is 0 Å². The molecule has 0 heterocycles. The molecular weight excluding hydrogens is 680 g/mol. The molecule has 0 aliphatic rings. The van der Waals surface area contributed by atoms with Crippen LogP contribution in [0.4, 0.5) is 0 Å². The van der Waals surface area contributed by atoms with Gasteiger partial charge in [0.05, 0.1) is 0 Å². The molecule has 0 saturated carbocycles. The quantitative estimate of drug-likeness (QED) is 0.0457. The van der Waals surface area contributed by atoms with Crippen LogP contribution in [0.5, 0.6) is 0 Å². The van der Waals surface area contributed by atoms with Crippen LogP contribution in [-0.2, 0) is 26.7 Å². The molecule has 309 valence electrons. The molecule has 5 heteroatoms. The maximum atomic E-state index is 10.3. The molecule has 0 unspecified atom stereocenters. The Morgan fingerprint density at radius 3 is 0.490 bits per heavy atom. The second-order valence-corrected chi connectivity index (χ2v) is 15.7. The maximum absolute atomic E-state index is 10.3. The third-order valence-corrected chi connectivity index (χ3v) is 10.5. The van der Waals surface area contributed by atoms with Gasteiger partial charge in [0.25, 0.3) is 0 Å². The number of aliphatic carboxylic acids is 2.